The summed E-state index contributed by atoms with van der Waals surface area (Å²) in [7, 11) is 1.26. The molecule has 0 atom stereocenters. The number of benzene rings is 2. The van der Waals surface area contributed by atoms with E-state index in [0.29, 0.717) is 28.0 Å². The Morgan fingerprint density at radius 3 is 2.57 bits per heavy atom. The number of rotatable bonds is 4. The average Bonchev–Trinajstić information content (AvgIpc) is 3.15. The monoisotopic (exact) mass is 421 g/mol. The Labute approximate surface area is 176 Å². The van der Waals surface area contributed by atoms with Crippen LogP contribution in [0.5, 0.6) is 0 Å². The molecule has 2 aromatic carbocycles. The van der Waals surface area contributed by atoms with E-state index in [9.17, 15) is 9.59 Å². The topological polar surface area (TPSA) is 94.3 Å². The number of methoxy groups -OCH3 is 1. The maximum atomic E-state index is 13.1. The van der Waals surface area contributed by atoms with Crippen LogP contribution >= 0.6 is 11.6 Å². The van der Waals surface area contributed by atoms with Gasteiger partial charge in [-0.3, -0.25) is 4.79 Å². The molecule has 0 saturated heterocycles. The number of anilines is 1. The summed E-state index contributed by atoms with van der Waals surface area (Å²) in [5.74, 6) is -0.993. The van der Waals surface area contributed by atoms with Crippen LogP contribution in [0.2, 0.25) is 5.02 Å². The quantitative estimate of drug-likeness (QED) is 0.471. The summed E-state index contributed by atoms with van der Waals surface area (Å²) in [5, 5.41) is 7.49. The van der Waals surface area contributed by atoms with Gasteiger partial charge in [0.1, 0.15) is 0 Å². The zero-order valence-electron chi connectivity index (χ0n) is 16.1. The Hall–Kier alpha value is -3.71. The van der Waals surface area contributed by atoms with Crippen LogP contribution in [0.3, 0.4) is 0 Å². The molecule has 7 nitrogen and oxygen atoms in total. The highest BCUT2D eigenvalue weighted by molar-refractivity contribution is 6.33. The highest BCUT2D eigenvalue weighted by atomic mass is 35.5. The van der Waals surface area contributed by atoms with Crippen LogP contribution in [0, 0.1) is 6.92 Å². The first-order valence-electron chi connectivity index (χ1n) is 8.99. The Bertz CT molecular complexity index is 1270. The second-order valence-electron chi connectivity index (χ2n) is 6.51. The van der Waals surface area contributed by atoms with Crippen LogP contribution in [0.4, 0.5) is 5.69 Å². The number of amides is 1. The predicted octanol–water partition coefficient (Wildman–Crippen LogP) is 4.89. The number of nitrogens with zero attached hydrogens (tertiary/aromatic N) is 2. The zero-order chi connectivity index (χ0) is 21.3. The number of aromatic nitrogens is 2. The highest BCUT2D eigenvalue weighted by Gasteiger charge is 2.20. The molecule has 0 bridgehead atoms. The molecule has 30 heavy (non-hydrogen) atoms. The molecule has 2 heterocycles. The highest BCUT2D eigenvalue weighted by Crippen LogP contribution is 2.28. The van der Waals surface area contributed by atoms with Gasteiger partial charge in [0.05, 0.1) is 40.0 Å². The van der Waals surface area contributed by atoms with E-state index in [1.807, 2.05) is 30.3 Å². The van der Waals surface area contributed by atoms with Crippen molar-refractivity contribution < 1.29 is 18.8 Å². The lowest BCUT2D eigenvalue weighted by Gasteiger charge is -2.10. The number of carbonyl (C=O) groups is 2. The number of carbonyl (C=O) groups excluding carboxylic acids is 2. The molecule has 1 amide bonds. The van der Waals surface area contributed by atoms with E-state index in [1.165, 1.54) is 19.2 Å². The number of halogens is 1. The number of aryl methyl sites for hydroxylation is 1. The van der Waals surface area contributed by atoms with Crippen molar-refractivity contribution in [2.45, 2.75) is 6.92 Å². The summed E-state index contributed by atoms with van der Waals surface area (Å²) >= 11 is 6.05. The normalized spacial score (nSPS) is 10.8. The molecule has 0 unspecified atom stereocenters. The molecule has 0 aliphatic heterocycles. The Balaban J connectivity index is 1.76. The van der Waals surface area contributed by atoms with Gasteiger partial charge in [0.15, 0.2) is 0 Å². The fraction of sp³-hybridized carbons (Fsp3) is 0.0909. The van der Waals surface area contributed by atoms with Crippen LogP contribution in [-0.2, 0) is 4.74 Å². The van der Waals surface area contributed by atoms with E-state index >= 15 is 0 Å². The van der Waals surface area contributed by atoms with Crippen molar-refractivity contribution in [3.63, 3.8) is 0 Å². The minimum Gasteiger partial charge on any atom is -0.465 e. The lowest BCUT2D eigenvalue weighted by atomic mass is 10.0. The third-order valence-electron chi connectivity index (χ3n) is 4.56. The first-order valence-corrected chi connectivity index (χ1v) is 9.37. The third-order valence-corrected chi connectivity index (χ3v) is 4.89. The lowest BCUT2D eigenvalue weighted by molar-refractivity contribution is 0.0600. The molecule has 2 aromatic heterocycles. The van der Waals surface area contributed by atoms with E-state index in [1.54, 1.807) is 19.1 Å². The zero-order valence-corrected chi connectivity index (χ0v) is 16.9. The van der Waals surface area contributed by atoms with Gasteiger partial charge in [-0.25, -0.2) is 9.78 Å². The van der Waals surface area contributed by atoms with Crippen molar-refractivity contribution in [3.05, 3.63) is 76.4 Å². The van der Waals surface area contributed by atoms with Crippen molar-refractivity contribution in [2.75, 3.05) is 12.4 Å². The van der Waals surface area contributed by atoms with Gasteiger partial charge in [-0.1, -0.05) is 47.1 Å². The van der Waals surface area contributed by atoms with Crippen LogP contribution in [0.1, 0.15) is 26.4 Å². The Morgan fingerprint density at radius 1 is 1.07 bits per heavy atom. The third kappa shape index (κ3) is 3.62. The van der Waals surface area contributed by atoms with Crippen LogP contribution in [-0.4, -0.2) is 29.1 Å². The van der Waals surface area contributed by atoms with E-state index in [-0.39, 0.29) is 16.3 Å². The molecule has 8 heteroatoms. The Morgan fingerprint density at radius 2 is 1.83 bits per heavy atom. The van der Waals surface area contributed by atoms with Gasteiger partial charge in [-0.05, 0) is 31.2 Å². The van der Waals surface area contributed by atoms with E-state index in [0.717, 1.165) is 5.56 Å². The second-order valence-corrected chi connectivity index (χ2v) is 6.92. The fourth-order valence-electron chi connectivity index (χ4n) is 3.10. The smallest absolute Gasteiger partial charge is 0.339 e. The van der Waals surface area contributed by atoms with Crippen molar-refractivity contribution >= 4 is 40.3 Å². The number of esters is 1. The standard InChI is InChI=1S/C22H16ClN3O4/c1-12-19-16(11-18(25-21(19)30-26-12)13-6-4-3-5-7-13)20(27)24-14-8-9-17(23)15(10-14)22(28)29-2/h3-11H,1-2H3,(H,24,27). The van der Waals surface area contributed by atoms with Crippen LogP contribution in [0.25, 0.3) is 22.4 Å². The summed E-state index contributed by atoms with van der Waals surface area (Å²) in [6, 6.07) is 15.7. The van der Waals surface area contributed by atoms with Crippen molar-refractivity contribution in [1.29, 1.82) is 0 Å². The number of nitrogens with one attached hydrogen (secondary N) is 1. The van der Waals surface area contributed by atoms with Gasteiger partial charge in [0.25, 0.3) is 11.6 Å². The number of hydrogen-bond donors (Lipinski definition) is 1. The number of fused-ring (bicyclic) bond motifs is 1. The number of ether oxygens (including phenoxy) is 1. The summed E-state index contributed by atoms with van der Waals surface area (Å²) in [6.45, 7) is 1.74. The maximum Gasteiger partial charge on any atom is 0.339 e. The first-order chi connectivity index (χ1) is 14.5. The molecule has 4 rings (SSSR count). The minimum atomic E-state index is -0.594. The van der Waals surface area contributed by atoms with Crippen molar-refractivity contribution in [3.8, 4) is 11.3 Å². The van der Waals surface area contributed by atoms with Gasteiger partial charge in [0.2, 0.25) is 0 Å². The number of hydrogen-bond acceptors (Lipinski definition) is 6. The second kappa shape index (κ2) is 7.96. The SMILES string of the molecule is COC(=O)c1cc(NC(=O)c2cc(-c3ccccc3)nc3onc(C)c23)ccc1Cl. The fourth-order valence-corrected chi connectivity index (χ4v) is 3.29. The largest absolute Gasteiger partial charge is 0.465 e. The summed E-state index contributed by atoms with van der Waals surface area (Å²) in [6.07, 6.45) is 0. The molecule has 0 aliphatic carbocycles. The number of pyridine rings is 1. The van der Waals surface area contributed by atoms with E-state index in [4.69, 9.17) is 20.9 Å². The van der Waals surface area contributed by atoms with E-state index in [2.05, 4.69) is 15.5 Å². The van der Waals surface area contributed by atoms with Crippen molar-refractivity contribution in [2.24, 2.45) is 0 Å². The Kier molecular flexibility index (Phi) is 5.20. The molecule has 1 N–H and O–H groups in total. The molecular weight excluding hydrogens is 406 g/mol. The van der Waals surface area contributed by atoms with Crippen molar-refractivity contribution in [1.82, 2.24) is 10.1 Å². The van der Waals surface area contributed by atoms with E-state index < -0.39 is 11.9 Å². The molecule has 0 aliphatic rings. The van der Waals surface area contributed by atoms with Gasteiger partial charge in [-0.15, -0.1) is 0 Å². The molecular formula is C22H16ClN3O4. The minimum absolute atomic E-state index is 0.156. The van der Waals surface area contributed by atoms with Crippen LogP contribution < -0.4 is 5.32 Å². The van der Waals surface area contributed by atoms with Crippen LogP contribution in [0.15, 0.2) is 59.1 Å². The molecule has 0 radical (unpaired) electrons. The summed E-state index contributed by atoms with van der Waals surface area (Å²) in [4.78, 5) is 29.5. The van der Waals surface area contributed by atoms with Gasteiger partial charge >= 0.3 is 5.97 Å². The first kappa shape index (κ1) is 19.6. The predicted molar refractivity (Wildman–Crippen MR) is 113 cm³/mol. The average molecular weight is 422 g/mol. The summed E-state index contributed by atoms with van der Waals surface area (Å²) in [5.41, 5.74) is 3.14. The lowest BCUT2D eigenvalue weighted by Crippen LogP contribution is -2.14. The molecule has 0 spiro atoms. The molecule has 150 valence electrons. The van der Waals surface area contributed by atoms with Gasteiger partial charge < -0.3 is 14.6 Å². The molecule has 0 fully saturated rings. The molecule has 4 aromatic rings. The summed E-state index contributed by atoms with van der Waals surface area (Å²) < 4.78 is 10.0. The molecule has 0 saturated carbocycles. The van der Waals surface area contributed by atoms with Gasteiger partial charge in [0, 0.05) is 11.3 Å². The van der Waals surface area contributed by atoms with Gasteiger partial charge in [-0.2, -0.15) is 0 Å². The maximum absolute atomic E-state index is 13.1.